The van der Waals surface area contributed by atoms with Gasteiger partial charge in [-0.1, -0.05) is 0 Å². The van der Waals surface area contributed by atoms with Crippen molar-refractivity contribution in [3.63, 3.8) is 0 Å². The van der Waals surface area contributed by atoms with Gasteiger partial charge in [0.1, 0.15) is 5.75 Å². The van der Waals surface area contributed by atoms with Crippen molar-refractivity contribution in [3.8, 4) is 5.75 Å². The molecule has 1 heterocycles. The summed E-state index contributed by atoms with van der Waals surface area (Å²) in [4.78, 5) is 38.2. The summed E-state index contributed by atoms with van der Waals surface area (Å²) in [6.07, 6.45) is -4.81. The van der Waals surface area contributed by atoms with Gasteiger partial charge < -0.3 is 20.1 Å². The van der Waals surface area contributed by atoms with Crippen LogP contribution >= 0.6 is 11.3 Å². The summed E-state index contributed by atoms with van der Waals surface area (Å²) in [5, 5.41) is 6.30. The Morgan fingerprint density at radius 3 is 2.41 bits per heavy atom. The van der Waals surface area contributed by atoms with Gasteiger partial charge >= 0.3 is 12.3 Å². The number of benzene rings is 1. The summed E-state index contributed by atoms with van der Waals surface area (Å²) in [5.74, 6) is -2.36. The molecule has 8 nitrogen and oxygen atoms in total. The maximum atomic E-state index is 12.1. The molecule has 144 valence electrons. The number of nitrogens with zero attached hydrogens (tertiary/aromatic N) is 1. The number of nitrogens with one attached hydrogen (secondary N) is 2. The van der Waals surface area contributed by atoms with Gasteiger partial charge in [0.2, 0.25) is 5.91 Å². The second-order valence-electron chi connectivity index (χ2n) is 4.92. The zero-order valence-corrected chi connectivity index (χ0v) is 14.4. The van der Waals surface area contributed by atoms with Gasteiger partial charge in [-0.2, -0.15) is 0 Å². The number of thiazole rings is 1. The van der Waals surface area contributed by atoms with Gasteiger partial charge in [0, 0.05) is 18.0 Å². The number of ether oxygens (including phenoxy) is 2. The third kappa shape index (κ3) is 6.93. The second-order valence-corrected chi connectivity index (χ2v) is 5.77. The van der Waals surface area contributed by atoms with E-state index in [0.717, 1.165) is 23.5 Å². The van der Waals surface area contributed by atoms with Crippen LogP contribution in [0.1, 0.15) is 17.4 Å². The van der Waals surface area contributed by atoms with E-state index < -0.39 is 30.6 Å². The molecule has 27 heavy (non-hydrogen) atoms. The van der Waals surface area contributed by atoms with Gasteiger partial charge in [-0.25, -0.2) is 9.78 Å². The highest BCUT2D eigenvalue weighted by atomic mass is 32.1. The predicted molar refractivity (Wildman–Crippen MR) is 88.5 cm³/mol. The Labute approximate surface area is 154 Å². The van der Waals surface area contributed by atoms with Crippen molar-refractivity contribution < 1.29 is 37.0 Å². The first-order valence-electron chi connectivity index (χ1n) is 7.18. The standard InChI is InChI=1S/C15H12F3N3O5S/c1-8(22)19-14-21-11(7-27-14)13(24)25-6-12(23)20-9-2-4-10(5-3-9)26-15(16,17)18/h2-5,7H,6H2,1H3,(H,20,23)(H,19,21,22). The Morgan fingerprint density at radius 2 is 1.81 bits per heavy atom. The number of carbonyl (C=O) groups excluding carboxylic acids is 3. The fourth-order valence-electron chi connectivity index (χ4n) is 1.72. The Hall–Kier alpha value is -3.15. The number of carbonyl (C=O) groups is 3. The van der Waals surface area contributed by atoms with E-state index in [1.54, 1.807) is 0 Å². The molecule has 2 N–H and O–H groups in total. The minimum atomic E-state index is -4.81. The van der Waals surface area contributed by atoms with Crippen LogP contribution in [0.15, 0.2) is 29.6 Å². The van der Waals surface area contributed by atoms with E-state index in [1.807, 2.05) is 0 Å². The van der Waals surface area contributed by atoms with Gasteiger partial charge in [-0.3, -0.25) is 9.59 Å². The number of hydrogen-bond donors (Lipinski definition) is 2. The number of halogens is 3. The molecule has 1 aromatic carbocycles. The molecule has 0 fully saturated rings. The van der Waals surface area contributed by atoms with Crippen LogP contribution < -0.4 is 15.4 Å². The fraction of sp³-hybridized carbons (Fsp3) is 0.200. The molecule has 0 unspecified atom stereocenters. The summed E-state index contributed by atoms with van der Waals surface area (Å²) in [6.45, 7) is 0.651. The predicted octanol–water partition coefficient (Wildman–Crippen LogP) is 2.80. The smallest absolute Gasteiger partial charge is 0.451 e. The van der Waals surface area contributed by atoms with E-state index in [0.29, 0.717) is 0 Å². The highest BCUT2D eigenvalue weighted by Gasteiger charge is 2.30. The van der Waals surface area contributed by atoms with Gasteiger partial charge in [0.15, 0.2) is 17.4 Å². The van der Waals surface area contributed by atoms with Crippen molar-refractivity contribution in [3.05, 3.63) is 35.3 Å². The Kier molecular flexibility index (Phi) is 6.34. The minimum absolute atomic E-state index is 0.0785. The van der Waals surface area contributed by atoms with Gasteiger partial charge in [-0.15, -0.1) is 24.5 Å². The Balaban J connectivity index is 1.82. The SMILES string of the molecule is CC(=O)Nc1nc(C(=O)OCC(=O)Nc2ccc(OC(F)(F)F)cc2)cs1. The van der Waals surface area contributed by atoms with E-state index in [2.05, 4.69) is 20.4 Å². The lowest BCUT2D eigenvalue weighted by Crippen LogP contribution is -2.21. The van der Waals surface area contributed by atoms with Gasteiger partial charge in [0.05, 0.1) is 0 Å². The summed E-state index contributed by atoms with van der Waals surface area (Å²) in [5.41, 5.74) is 0.109. The normalized spacial score (nSPS) is 10.8. The Bertz CT molecular complexity index is 836. The van der Waals surface area contributed by atoms with Gasteiger partial charge in [0.25, 0.3) is 5.91 Å². The van der Waals surface area contributed by atoms with Crippen LogP contribution in [0.5, 0.6) is 5.75 Å². The highest BCUT2D eigenvalue weighted by molar-refractivity contribution is 7.14. The third-order valence-electron chi connectivity index (χ3n) is 2.70. The van der Waals surface area contributed by atoms with E-state index in [1.165, 1.54) is 24.4 Å². The summed E-state index contributed by atoms with van der Waals surface area (Å²) < 4.78 is 44.7. The number of alkyl halides is 3. The van der Waals surface area contributed by atoms with E-state index >= 15 is 0 Å². The molecule has 0 aliphatic carbocycles. The number of esters is 1. The molecule has 0 saturated carbocycles. The van der Waals surface area contributed by atoms with Crippen molar-refractivity contribution >= 4 is 39.9 Å². The van der Waals surface area contributed by atoms with Crippen LogP contribution in [0, 0.1) is 0 Å². The van der Waals surface area contributed by atoms with E-state index in [-0.39, 0.29) is 22.4 Å². The maximum Gasteiger partial charge on any atom is 0.573 e. The molecule has 0 aliphatic rings. The molecule has 0 spiro atoms. The van der Waals surface area contributed by atoms with Crippen molar-refractivity contribution in [2.75, 3.05) is 17.2 Å². The van der Waals surface area contributed by atoms with E-state index in [4.69, 9.17) is 4.74 Å². The molecule has 1 aromatic heterocycles. The van der Waals surface area contributed by atoms with Crippen molar-refractivity contribution in [2.45, 2.75) is 13.3 Å². The lowest BCUT2D eigenvalue weighted by atomic mass is 10.3. The molecule has 0 radical (unpaired) electrons. The molecule has 2 rings (SSSR count). The van der Waals surface area contributed by atoms with Crippen LogP contribution in [0.3, 0.4) is 0 Å². The van der Waals surface area contributed by atoms with Crippen molar-refractivity contribution in [1.29, 1.82) is 0 Å². The number of amides is 2. The average molecular weight is 403 g/mol. The lowest BCUT2D eigenvalue weighted by molar-refractivity contribution is -0.274. The molecule has 2 amide bonds. The number of hydrogen-bond acceptors (Lipinski definition) is 7. The zero-order valence-electron chi connectivity index (χ0n) is 13.6. The number of anilines is 2. The first-order chi connectivity index (χ1) is 12.6. The summed E-state index contributed by atoms with van der Waals surface area (Å²) in [6, 6.07) is 4.43. The first kappa shape index (κ1) is 20.2. The van der Waals surface area contributed by atoms with Crippen LogP contribution in [-0.4, -0.2) is 35.7 Å². The largest absolute Gasteiger partial charge is 0.573 e. The number of rotatable bonds is 6. The van der Waals surface area contributed by atoms with Gasteiger partial charge in [-0.05, 0) is 24.3 Å². The quantitative estimate of drug-likeness (QED) is 0.719. The topological polar surface area (TPSA) is 107 Å². The van der Waals surface area contributed by atoms with Crippen LogP contribution in [0.25, 0.3) is 0 Å². The number of aromatic nitrogens is 1. The van der Waals surface area contributed by atoms with Crippen molar-refractivity contribution in [2.24, 2.45) is 0 Å². The highest BCUT2D eigenvalue weighted by Crippen LogP contribution is 2.24. The molecule has 0 aliphatic heterocycles. The monoisotopic (exact) mass is 403 g/mol. The first-order valence-corrected chi connectivity index (χ1v) is 8.06. The molecular weight excluding hydrogens is 391 g/mol. The maximum absolute atomic E-state index is 12.1. The second kappa shape index (κ2) is 8.49. The van der Waals surface area contributed by atoms with Crippen LogP contribution in [0.4, 0.5) is 24.0 Å². The lowest BCUT2D eigenvalue weighted by Gasteiger charge is -2.10. The zero-order chi connectivity index (χ0) is 20.0. The minimum Gasteiger partial charge on any atom is -0.451 e. The van der Waals surface area contributed by atoms with Crippen molar-refractivity contribution in [1.82, 2.24) is 4.98 Å². The molecule has 0 saturated heterocycles. The Morgan fingerprint density at radius 1 is 1.15 bits per heavy atom. The summed E-state index contributed by atoms with van der Waals surface area (Å²) >= 11 is 1.01. The molecule has 0 bridgehead atoms. The fourth-order valence-corrected chi connectivity index (χ4v) is 2.44. The van der Waals surface area contributed by atoms with Crippen LogP contribution in [0.2, 0.25) is 0 Å². The van der Waals surface area contributed by atoms with E-state index in [9.17, 15) is 27.6 Å². The molecule has 12 heteroatoms. The third-order valence-corrected chi connectivity index (χ3v) is 3.46. The molecular formula is C15H12F3N3O5S. The summed E-state index contributed by atoms with van der Waals surface area (Å²) in [7, 11) is 0. The molecule has 2 aromatic rings. The average Bonchev–Trinajstić information content (AvgIpc) is 3.01. The molecule has 0 atom stereocenters. The van der Waals surface area contributed by atoms with Crippen LogP contribution in [-0.2, 0) is 14.3 Å².